The van der Waals surface area contributed by atoms with Crippen LogP contribution in [0.5, 0.6) is 0 Å². The topological polar surface area (TPSA) is 88.2 Å². The molecule has 0 aliphatic heterocycles. The van der Waals surface area contributed by atoms with Crippen molar-refractivity contribution in [3.8, 4) is 10.6 Å². The number of nitrogens with zero attached hydrogens (tertiary/aromatic N) is 1. The number of carbonyl (C=O) groups is 1. The van der Waals surface area contributed by atoms with Gasteiger partial charge < -0.3 is 5.32 Å². The SMILES string of the molecule is CCCCNC(=O)c1cc(-c2cccs2)nc2ccc(S(=O)(=O)NCCCC)cc12. The quantitative estimate of drug-likeness (QED) is 0.447. The average Bonchev–Trinajstić information content (AvgIpc) is 3.27. The molecule has 30 heavy (non-hydrogen) atoms. The summed E-state index contributed by atoms with van der Waals surface area (Å²) < 4.78 is 28.0. The lowest BCUT2D eigenvalue weighted by Crippen LogP contribution is -2.26. The Balaban J connectivity index is 2.06. The van der Waals surface area contributed by atoms with E-state index < -0.39 is 10.0 Å². The van der Waals surface area contributed by atoms with Gasteiger partial charge in [0.25, 0.3) is 5.91 Å². The third-order valence-corrected chi connectivity index (χ3v) is 7.10. The molecule has 0 spiro atoms. The summed E-state index contributed by atoms with van der Waals surface area (Å²) in [6, 6.07) is 10.4. The summed E-state index contributed by atoms with van der Waals surface area (Å²) in [7, 11) is -3.65. The van der Waals surface area contributed by atoms with Crippen molar-refractivity contribution in [2.75, 3.05) is 13.1 Å². The van der Waals surface area contributed by atoms with Gasteiger partial charge in [-0.1, -0.05) is 32.8 Å². The first-order valence-corrected chi connectivity index (χ1v) is 12.6. The minimum atomic E-state index is -3.65. The second kappa shape index (κ2) is 10.1. The fourth-order valence-corrected chi connectivity index (χ4v) is 4.84. The summed E-state index contributed by atoms with van der Waals surface area (Å²) in [5.41, 5.74) is 1.73. The molecule has 0 radical (unpaired) electrons. The molecule has 2 heterocycles. The van der Waals surface area contributed by atoms with Crippen LogP contribution in [0.1, 0.15) is 49.9 Å². The smallest absolute Gasteiger partial charge is 0.252 e. The first-order valence-electron chi connectivity index (χ1n) is 10.2. The van der Waals surface area contributed by atoms with Gasteiger partial charge in [-0.15, -0.1) is 11.3 Å². The summed E-state index contributed by atoms with van der Waals surface area (Å²) in [5, 5.41) is 5.42. The highest BCUT2D eigenvalue weighted by Gasteiger charge is 2.19. The Labute approximate surface area is 181 Å². The molecule has 0 saturated heterocycles. The van der Waals surface area contributed by atoms with Gasteiger partial charge in [-0.2, -0.15) is 0 Å². The summed E-state index contributed by atoms with van der Waals surface area (Å²) in [6.45, 7) is 5.02. The zero-order chi connectivity index (χ0) is 21.6. The van der Waals surface area contributed by atoms with Gasteiger partial charge in [-0.25, -0.2) is 18.1 Å². The molecule has 8 heteroatoms. The summed E-state index contributed by atoms with van der Waals surface area (Å²) in [6.07, 6.45) is 3.53. The van der Waals surface area contributed by atoms with E-state index in [9.17, 15) is 13.2 Å². The van der Waals surface area contributed by atoms with Gasteiger partial charge in [-0.05, 0) is 48.6 Å². The zero-order valence-electron chi connectivity index (χ0n) is 17.3. The highest BCUT2D eigenvalue weighted by Crippen LogP contribution is 2.29. The van der Waals surface area contributed by atoms with Crippen molar-refractivity contribution in [1.82, 2.24) is 15.0 Å². The first kappa shape index (κ1) is 22.4. The van der Waals surface area contributed by atoms with Crippen molar-refractivity contribution in [2.45, 2.75) is 44.4 Å². The molecule has 0 fully saturated rings. The van der Waals surface area contributed by atoms with E-state index in [1.165, 1.54) is 0 Å². The average molecular weight is 446 g/mol. The predicted molar refractivity (Wildman–Crippen MR) is 122 cm³/mol. The summed E-state index contributed by atoms with van der Waals surface area (Å²) in [4.78, 5) is 18.7. The number of unbranched alkanes of at least 4 members (excludes halogenated alkanes) is 2. The van der Waals surface area contributed by atoms with Crippen LogP contribution in [-0.4, -0.2) is 32.4 Å². The third-order valence-electron chi connectivity index (χ3n) is 4.75. The van der Waals surface area contributed by atoms with Crippen LogP contribution in [0.25, 0.3) is 21.5 Å². The van der Waals surface area contributed by atoms with E-state index in [1.807, 2.05) is 24.4 Å². The van der Waals surface area contributed by atoms with Crippen LogP contribution < -0.4 is 10.0 Å². The lowest BCUT2D eigenvalue weighted by molar-refractivity contribution is 0.0954. The standard InChI is InChI=1S/C22H27N3O3S2/c1-3-5-11-23-22(26)18-15-20(21-8-7-13-29-21)25-19-10-9-16(14-17(18)19)30(27,28)24-12-6-4-2/h7-10,13-15,24H,3-6,11-12H2,1-2H3,(H,23,26). The van der Waals surface area contributed by atoms with Crippen molar-refractivity contribution >= 4 is 38.2 Å². The van der Waals surface area contributed by atoms with Gasteiger partial charge in [0.05, 0.1) is 26.5 Å². The number of sulfonamides is 1. The molecule has 3 aromatic rings. The predicted octanol–water partition coefficient (Wildman–Crippen LogP) is 4.57. The number of benzene rings is 1. The number of fused-ring (bicyclic) bond motifs is 1. The molecule has 160 valence electrons. The van der Waals surface area contributed by atoms with E-state index in [2.05, 4.69) is 21.9 Å². The van der Waals surface area contributed by atoms with Gasteiger partial charge in [0.15, 0.2) is 0 Å². The first-order chi connectivity index (χ1) is 14.5. The molecule has 1 aromatic carbocycles. The van der Waals surface area contributed by atoms with Crippen LogP contribution in [0.2, 0.25) is 0 Å². The molecule has 0 saturated carbocycles. The number of hydrogen-bond acceptors (Lipinski definition) is 5. The Morgan fingerprint density at radius 1 is 1.07 bits per heavy atom. The maximum Gasteiger partial charge on any atom is 0.252 e. The highest BCUT2D eigenvalue weighted by molar-refractivity contribution is 7.89. The van der Waals surface area contributed by atoms with E-state index in [-0.39, 0.29) is 10.8 Å². The van der Waals surface area contributed by atoms with E-state index in [1.54, 1.807) is 35.6 Å². The van der Waals surface area contributed by atoms with Crippen molar-refractivity contribution < 1.29 is 13.2 Å². The molecule has 0 atom stereocenters. The Morgan fingerprint density at radius 3 is 2.53 bits per heavy atom. The second-order valence-electron chi connectivity index (χ2n) is 7.07. The normalized spacial score (nSPS) is 11.7. The fourth-order valence-electron chi connectivity index (χ4n) is 3.05. The van der Waals surface area contributed by atoms with Crippen LogP contribution >= 0.6 is 11.3 Å². The minimum Gasteiger partial charge on any atom is -0.352 e. The molecule has 1 amide bonds. The monoisotopic (exact) mass is 445 g/mol. The number of aromatic nitrogens is 1. The van der Waals surface area contributed by atoms with Crippen LogP contribution in [0, 0.1) is 0 Å². The molecule has 0 bridgehead atoms. The fraction of sp³-hybridized carbons (Fsp3) is 0.364. The minimum absolute atomic E-state index is 0.138. The maximum atomic E-state index is 12.9. The van der Waals surface area contributed by atoms with E-state index >= 15 is 0 Å². The van der Waals surface area contributed by atoms with E-state index in [0.717, 1.165) is 30.6 Å². The van der Waals surface area contributed by atoms with Crippen LogP contribution in [0.15, 0.2) is 46.7 Å². The summed E-state index contributed by atoms with van der Waals surface area (Å²) >= 11 is 1.54. The van der Waals surface area contributed by atoms with Crippen molar-refractivity contribution in [1.29, 1.82) is 0 Å². The lowest BCUT2D eigenvalue weighted by atomic mass is 10.1. The van der Waals surface area contributed by atoms with Gasteiger partial charge in [-0.3, -0.25) is 4.79 Å². The number of hydrogen-bond donors (Lipinski definition) is 2. The largest absolute Gasteiger partial charge is 0.352 e. The van der Waals surface area contributed by atoms with Gasteiger partial charge in [0, 0.05) is 18.5 Å². The third kappa shape index (κ3) is 5.24. The van der Waals surface area contributed by atoms with Crippen molar-refractivity contribution in [3.63, 3.8) is 0 Å². The molecular formula is C22H27N3O3S2. The number of pyridine rings is 1. The maximum absolute atomic E-state index is 12.9. The Morgan fingerprint density at radius 2 is 1.83 bits per heavy atom. The van der Waals surface area contributed by atoms with E-state index in [4.69, 9.17) is 0 Å². The number of rotatable bonds is 10. The Bertz CT molecular complexity index is 1110. The second-order valence-corrected chi connectivity index (χ2v) is 9.79. The molecule has 0 aliphatic rings. The molecular weight excluding hydrogens is 418 g/mol. The van der Waals surface area contributed by atoms with Crippen molar-refractivity contribution in [2.24, 2.45) is 0 Å². The van der Waals surface area contributed by atoms with Crippen molar-refractivity contribution in [3.05, 3.63) is 47.3 Å². The van der Waals surface area contributed by atoms with Crippen LogP contribution in [-0.2, 0) is 10.0 Å². The summed E-state index contributed by atoms with van der Waals surface area (Å²) in [5.74, 6) is -0.220. The molecule has 0 unspecified atom stereocenters. The number of amides is 1. The molecule has 0 aliphatic carbocycles. The van der Waals surface area contributed by atoms with Gasteiger partial charge in [0.2, 0.25) is 10.0 Å². The van der Waals surface area contributed by atoms with Gasteiger partial charge in [0.1, 0.15) is 0 Å². The number of carbonyl (C=O) groups excluding carboxylic acids is 1. The molecule has 6 nitrogen and oxygen atoms in total. The Kier molecular flexibility index (Phi) is 7.58. The van der Waals surface area contributed by atoms with Gasteiger partial charge >= 0.3 is 0 Å². The zero-order valence-corrected chi connectivity index (χ0v) is 18.9. The molecule has 3 rings (SSSR count). The molecule has 2 aromatic heterocycles. The Hall–Kier alpha value is -2.29. The molecule has 2 N–H and O–H groups in total. The number of thiophene rings is 1. The number of nitrogens with one attached hydrogen (secondary N) is 2. The lowest BCUT2D eigenvalue weighted by Gasteiger charge is -2.12. The van der Waals surface area contributed by atoms with Crippen LogP contribution in [0.4, 0.5) is 0 Å². The van der Waals surface area contributed by atoms with Crippen LogP contribution in [0.3, 0.4) is 0 Å². The van der Waals surface area contributed by atoms with E-state index in [0.29, 0.717) is 35.2 Å². The highest BCUT2D eigenvalue weighted by atomic mass is 32.2.